The molecule has 0 radical (unpaired) electrons. The molecule has 0 spiro atoms. The molecular weight excluding hydrogens is 328 g/mol. The molecule has 1 aromatic carbocycles. The summed E-state index contributed by atoms with van der Waals surface area (Å²) in [5.74, 6) is 0.529. The highest BCUT2D eigenvalue weighted by Crippen LogP contribution is 2.26. The van der Waals surface area contributed by atoms with E-state index in [1.165, 1.54) is 4.31 Å². The predicted molar refractivity (Wildman–Crippen MR) is 94.8 cm³/mol. The van der Waals surface area contributed by atoms with E-state index in [1.807, 2.05) is 6.92 Å². The zero-order valence-electron chi connectivity index (χ0n) is 14.6. The van der Waals surface area contributed by atoms with Crippen LogP contribution in [0.5, 0.6) is 5.75 Å². The van der Waals surface area contributed by atoms with Crippen molar-refractivity contribution >= 4 is 21.6 Å². The molecule has 0 saturated carbocycles. The van der Waals surface area contributed by atoms with Crippen LogP contribution >= 0.6 is 0 Å². The van der Waals surface area contributed by atoms with Gasteiger partial charge in [0.15, 0.2) is 0 Å². The summed E-state index contributed by atoms with van der Waals surface area (Å²) in [4.78, 5) is 14.7. The van der Waals surface area contributed by atoms with Crippen molar-refractivity contribution in [1.82, 2.24) is 4.90 Å². The number of hydrogen-bond acceptors (Lipinski definition) is 4. The van der Waals surface area contributed by atoms with Crippen LogP contribution in [-0.4, -0.2) is 51.7 Å². The molecule has 0 aliphatic carbocycles. The van der Waals surface area contributed by atoms with Gasteiger partial charge in [-0.1, -0.05) is 6.92 Å². The first kappa shape index (κ1) is 18.6. The second kappa shape index (κ2) is 7.88. The Labute approximate surface area is 144 Å². The standard InChI is InChI=1S/C17H26N2O4S/c1-4-16(17(20)18-12-6-5-7-13-18)19(24(3,21)22)14-8-10-15(23-2)11-9-14/h8-11,16H,4-7,12-13H2,1-3H3/t16-/m0/s1. The smallest absolute Gasteiger partial charge is 0.246 e. The van der Waals surface area contributed by atoms with E-state index in [0.29, 0.717) is 30.9 Å². The van der Waals surface area contributed by atoms with Crippen molar-refractivity contribution in [1.29, 1.82) is 0 Å². The zero-order chi connectivity index (χ0) is 17.7. The summed E-state index contributed by atoms with van der Waals surface area (Å²) in [5, 5.41) is 0. The highest BCUT2D eigenvalue weighted by Gasteiger charge is 2.34. The van der Waals surface area contributed by atoms with Gasteiger partial charge in [-0.2, -0.15) is 0 Å². The Kier molecular flexibility index (Phi) is 6.10. The number of rotatable bonds is 6. The Bertz CT molecular complexity index is 652. The van der Waals surface area contributed by atoms with Crippen molar-refractivity contribution in [2.45, 2.75) is 38.6 Å². The van der Waals surface area contributed by atoms with Crippen molar-refractivity contribution in [2.24, 2.45) is 0 Å². The maximum atomic E-state index is 12.9. The fraction of sp³-hybridized carbons (Fsp3) is 0.588. The molecule has 0 aromatic heterocycles. The van der Waals surface area contributed by atoms with Gasteiger partial charge in [0.25, 0.3) is 0 Å². The maximum absolute atomic E-state index is 12.9. The SMILES string of the molecule is CC[C@@H](C(=O)N1CCCCC1)N(c1ccc(OC)cc1)S(C)(=O)=O. The van der Waals surface area contributed by atoms with Crippen LogP contribution in [0.4, 0.5) is 5.69 Å². The van der Waals surface area contributed by atoms with Crippen molar-refractivity contribution in [3.63, 3.8) is 0 Å². The molecule has 1 amide bonds. The van der Waals surface area contributed by atoms with Gasteiger partial charge < -0.3 is 9.64 Å². The van der Waals surface area contributed by atoms with Crippen LogP contribution in [0.1, 0.15) is 32.6 Å². The number of anilines is 1. The number of piperidine rings is 1. The second-order valence-corrected chi connectivity index (χ2v) is 7.93. The third-order valence-electron chi connectivity index (χ3n) is 4.31. The molecule has 1 heterocycles. The molecule has 7 heteroatoms. The fourth-order valence-electron chi connectivity index (χ4n) is 3.10. The minimum absolute atomic E-state index is 0.113. The Balaban J connectivity index is 2.35. The quantitative estimate of drug-likeness (QED) is 0.786. The molecule has 6 nitrogen and oxygen atoms in total. The number of amides is 1. The highest BCUT2D eigenvalue weighted by atomic mass is 32.2. The number of hydrogen-bond donors (Lipinski definition) is 0. The Hall–Kier alpha value is -1.76. The van der Waals surface area contributed by atoms with Crippen LogP contribution in [-0.2, 0) is 14.8 Å². The molecule has 1 aliphatic heterocycles. The van der Waals surface area contributed by atoms with E-state index < -0.39 is 16.1 Å². The topological polar surface area (TPSA) is 66.9 Å². The van der Waals surface area contributed by atoms with Gasteiger partial charge in [0.05, 0.1) is 19.1 Å². The van der Waals surface area contributed by atoms with Gasteiger partial charge in [-0.3, -0.25) is 9.10 Å². The molecule has 0 N–H and O–H groups in total. The minimum atomic E-state index is -3.59. The minimum Gasteiger partial charge on any atom is -0.497 e. The predicted octanol–water partition coefficient (Wildman–Crippen LogP) is 2.25. The second-order valence-electron chi connectivity index (χ2n) is 6.07. The van der Waals surface area contributed by atoms with Crippen molar-refractivity contribution in [3.05, 3.63) is 24.3 Å². The molecule has 1 atom stereocenters. The summed E-state index contributed by atoms with van der Waals surface area (Å²) in [6.45, 7) is 3.25. The first-order chi connectivity index (χ1) is 11.4. The number of carbonyl (C=O) groups excluding carboxylic acids is 1. The van der Waals surface area contributed by atoms with Gasteiger partial charge in [0, 0.05) is 13.1 Å². The first-order valence-electron chi connectivity index (χ1n) is 8.30. The van der Waals surface area contributed by atoms with Crippen molar-refractivity contribution < 1.29 is 17.9 Å². The van der Waals surface area contributed by atoms with E-state index in [1.54, 1.807) is 36.3 Å². The van der Waals surface area contributed by atoms with Gasteiger partial charge in [-0.15, -0.1) is 0 Å². The number of likely N-dealkylation sites (tertiary alicyclic amines) is 1. The summed E-state index contributed by atoms with van der Waals surface area (Å²) >= 11 is 0. The van der Waals surface area contributed by atoms with E-state index in [-0.39, 0.29) is 5.91 Å². The largest absolute Gasteiger partial charge is 0.497 e. The molecule has 2 rings (SSSR count). The Morgan fingerprint density at radius 2 is 1.79 bits per heavy atom. The van der Waals surface area contributed by atoms with Gasteiger partial charge in [0.1, 0.15) is 11.8 Å². The number of carbonyl (C=O) groups is 1. The third kappa shape index (κ3) is 4.20. The maximum Gasteiger partial charge on any atom is 0.246 e. The van der Waals surface area contributed by atoms with Crippen molar-refractivity contribution in [3.8, 4) is 5.75 Å². The molecule has 24 heavy (non-hydrogen) atoms. The van der Waals surface area contributed by atoms with Gasteiger partial charge in [-0.05, 0) is 49.9 Å². The molecule has 0 bridgehead atoms. The van der Waals surface area contributed by atoms with E-state index in [0.717, 1.165) is 25.5 Å². The first-order valence-corrected chi connectivity index (χ1v) is 10.2. The third-order valence-corrected chi connectivity index (χ3v) is 5.49. The number of ether oxygens (including phenoxy) is 1. The molecule has 1 aliphatic rings. The monoisotopic (exact) mass is 354 g/mol. The van der Waals surface area contributed by atoms with Crippen molar-refractivity contribution in [2.75, 3.05) is 30.8 Å². The van der Waals surface area contributed by atoms with E-state index in [4.69, 9.17) is 4.74 Å². The average Bonchev–Trinajstić information content (AvgIpc) is 2.59. The molecular formula is C17H26N2O4S. The summed E-state index contributed by atoms with van der Waals surface area (Å²) < 4.78 is 31.2. The normalized spacial score (nSPS) is 16.5. The summed E-state index contributed by atoms with van der Waals surface area (Å²) in [6.07, 6.45) is 4.64. The molecule has 134 valence electrons. The van der Waals surface area contributed by atoms with E-state index in [2.05, 4.69) is 0 Å². The van der Waals surface area contributed by atoms with Crippen LogP contribution in [0.25, 0.3) is 0 Å². The average molecular weight is 354 g/mol. The fourth-order valence-corrected chi connectivity index (χ4v) is 4.30. The summed E-state index contributed by atoms with van der Waals surface area (Å²) in [6, 6.07) is 6.03. The molecule has 1 fully saturated rings. The highest BCUT2D eigenvalue weighted by molar-refractivity contribution is 7.92. The molecule has 0 unspecified atom stereocenters. The van der Waals surface area contributed by atoms with Crippen LogP contribution in [0, 0.1) is 0 Å². The molecule has 1 saturated heterocycles. The lowest BCUT2D eigenvalue weighted by atomic mass is 10.1. The van der Waals surface area contributed by atoms with Crippen LogP contribution < -0.4 is 9.04 Å². The lowest BCUT2D eigenvalue weighted by Gasteiger charge is -2.35. The number of nitrogens with zero attached hydrogens (tertiary/aromatic N) is 2. The van der Waals surface area contributed by atoms with Crippen LogP contribution in [0.15, 0.2) is 24.3 Å². The van der Waals surface area contributed by atoms with E-state index >= 15 is 0 Å². The Morgan fingerprint density at radius 3 is 2.25 bits per heavy atom. The lowest BCUT2D eigenvalue weighted by molar-refractivity contribution is -0.133. The Morgan fingerprint density at radius 1 is 1.21 bits per heavy atom. The summed E-state index contributed by atoms with van der Waals surface area (Å²) in [7, 11) is -2.03. The summed E-state index contributed by atoms with van der Waals surface area (Å²) in [5.41, 5.74) is 0.482. The number of methoxy groups -OCH3 is 1. The van der Waals surface area contributed by atoms with Gasteiger partial charge >= 0.3 is 0 Å². The zero-order valence-corrected chi connectivity index (χ0v) is 15.4. The number of sulfonamides is 1. The molecule has 1 aromatic rings. The van der Waals surface area contributed by atoms with Gasteiger partial charge in [0.2, 0.25) is 15.9 Å². The van der Waals surface area contributed by atoms with Crippen LogP contribution in [0.3, 0.4) is 0 Å². The lowest BCUT2D eigenvalue weighted by Crippen LogP contribution is -2.51. The van der Waals surface area contributed by atoms with Crippen LogP contribution in [0.2, 0.25) is 0 Å². The van der Waals surface area contributed by atoms with E-state index in [9.17, 15) is 13.2 Å². The number of benzene rings is 1. The van der Waals surface area contributed by atoms with Gasteiger partial charge in [-0.25, -0.2) is 8.42 Å².